The molecule has 7 nitrogen and oxygen atoms in total. The SMILES string of the molecule is COc1cccc(CNC(=O)c2ccc3[nH]cc(Cc4ccc(C(=O)O)cc4)c(=O)c3c2)c1. The Balaban J connectivity index is 1.54. The van der Waals surface area contributed by atoms with Crippen molar-refractivity contribution in [2.24, 2.45) is 0 Å². The highest BCUT2D eigenvalue weighted by molar-refractivity contribution is 5.98. The minimum Gasteiger partial charge on any atom is -0.497 e. The van der Waals surface area contributed by atoms with Gasteiger partial charge in [0.15, 0.2) is 5.43 Å². The van der Waals surface area contributed by atoms with Crippen molar-refractivity contribution < 1.29 is 19.4 Å². The van der Waals surface area contributed by atoms with Gasteiger partial charge in [-0.25, -0.2) is 4.79 Å². The molecule has 1 amide bonds. The zero-order chi connectivity index (χ0) is 23.4. The lowest BCUT2D eigenvalue weighted by molar-refractivity contribution is 0.0696. The molecule has 1 aromatic heterocycles. The normalized spacial score (nSPS) is 10.7. The summed E-state index contributed by atoms with van der Waals surface area (Å²) in [6.45, 7) is 0.330. The molecule has 0 aliphatic rings. The predicted octanol–water partition coefficient (Wildman–Crippen LogP) is 3.76. The van der Waals surface area contributed by atoms with E-state index < -0.39 is 5.97 Å². The molecule has 4 rings (SSSR count). The Morgan fingerprint density at radius 3 is 2.45 bits per heavy atom. The number of carboxylic acids is 1. The largest absolute Gasteiger partial charge is 0.497 e. The number of benzene rings is 3. The smallest absolute Gasteiger partial charge is 0.335 e. The Hall–Kier alpha value is -4.39. The first-order valence-corrected chi connectivity index (χ1v) is 10.3. The van der Waals surface area contributed by atoms with Gasteiger partial charge in [-0.05, 0) is 53.6 Å². The van der Waals surface area contributed by atoms with Gasteiger partial charge in [0.2, 0.25) is 0 Å². The summed E-state index contributed by atoms with van der Waals surface area (Å²) in [7, 11) is 1.59. The van der Waals surface area contributed by atoms with Crippen LogP contribution in [0.5, 0.6) is 5.75 Å². The summed E-state index contributed by atoms with van der Waals surface area (Å²) in [5, 5.41) is 12.3. The Morgan fingerprint density at radius 1 is 0.970 bits per heavy atom. The van der Waals surface area contributed by atoms with Crippen LogP contribution in [0.4, 0.5) is 0 Å². The lowest BCUT2D eigenvalue weighted by Crippen LogP contribution is -2.23. The summed E-state index contributed by atoms with van der Waals surface area (Å²) in [4.78, 5) is 39.9. The monoisotopic (exact) mass is 442 g/mol. The maximum absolute atomic E-state index is 13.1. The minimum atomic E-state index is -0.998. The summed E-state index contributed by atoms with van der Waals surface area (Å²) in [5.74, 6) is -0.569. The van der Waals surface area contributed by atoms with Crippen molar-refractivity contribution in [1.29, 1.82) is 0 Å². The van der Waals surface area contributed by atoms with Gasteiger partial charge < -0.3 is 20.1 Å². The molecule has 0 atom stereocenters. The van der Waals surface area contributed by atoms with Gasteiger partial charge in [0, 0.05) is 41.2 Å². The fraction of sp³-hybridized carbons (Fsp3) is 0.115. The molecular formula is C26H22N2O5. The number of fused-ring (bicyclic) bond motifs is 1. The van der Waals surface area contributed by atoms with Gasteiger partial charge in [-0.1, -0.05) is 24.3 Å². The number of rotatable bonds is 7. The molecule has 0 spiro atoms. The van der Waals surface area contributed by atoms with E-state index in [1.165, 1.54) is 12.1 Å². The topological polar surface area (TPSA) is 108 Å². The Labute approximate surface area is 189 Å². The molecule has 0 bridgehead atoms. The molecule has 0 aliphatic heterocycles. The Morgan fingerprint density at radius 2 is 1.73 bits per heavy atom. The summed E-state index contributed by atoms with van der Waals surface area (Å²) >= 11 is 0. The number of ether oxygens (including phenoxy) is 1. The average Bonchev–Trinajstić information content (AvgIpc) is 2.84. The average molecular weight is 442 g/mol. The second kappa shape index (κ2) is 9.40. The third-order valence-corrected chi connectivity index (χ3v) is 5.40. The maximum atomic E-state index is 13.1. The van der Waals surface area contributed by atoms with Gasteiger partial charge in [0.1, 0.15) is 5.75 Å². The number of hydrogen-bond donors (Lipinski definition) is 3. The standard InChI is InChI=1S/C26H22N2O5/c1-33-21-4-2-3-17(12-21)14-28-25(30)19-9-10-23-22(13-19)24(29)20(15-27-23)11-16-5-7-18(8-6-16)26(31)32/h2-10,12-13,15H,11,14H2,1H3,(H,27,29)(H,28,30)(H,31,32). The Bertz CT molecular complexity index is 1390. The number of methoxy groups -OCH3 is 1. The number of aromatic carboxylic acids is 1. The van der Waals surface area contributed by atoms with Crippen LogP contribution in [0, 0.1) is 0 Å². The van der Waals surface area contributed by atoms with E-state index >= 15 is 0 Å². The van der Waals surface area contributed by atoms with Gasteiger partial charge >= 0.3 is 5.97 Å². The second-order valence-corrected chi connectivity index (χ2v) is 7.62. The summed E-state index contributed by atoms with van der Waals surface area (Å²) in [6, 6.07) is 18.8. The van der Waals surface area contributed by atoms with Crippen LogP contribution < -0.4 is 15.5 Å². The highest BCUT2D eigenvalue weighted by atomic mass is 16.5. The molecule has 0 saturated carbocycles. The van der Waals surface area contributed by atoms with E-state index in [1.54, 1.807) is 43.6 Å². The quantitative estimate of drug-likeness (QED) is 0.404. The Kier molecular flexibility index (Phi) is 6.22. The molecule has 3 aromatic carbocycles. The number of aromatic nitrogens is 1. The third kappa shape index (κ3) is 4.93. The van der Waals surface area contributed by atoms with Crippen LogP contribution in [0.15, 0.2) is 77.7 Å². The third-order valence-electron chi connectivity index (χ3n) is 5.40. The van der Waals surface area contributed by atoms with Gasteiger partial charge in [0.25, 0.3) is 5.91 Å². The van der Waals surface area contributed by atoms with E-state index in [0.29, 0.717) is 40.7 Å². The molecule has 0 aliphatic carbocycles. The number of amides is 1. The van der Waals surface area contributed by atoms with Crippen LogP contribution in [0.2, 0.25) is 0 Å². The lowest BCUT2D eigenvalue weighted by Gasteiger charge is -2.09. The highest BCUT2D eigenvalue weighted by Crippen LogP contribution is 2.15. The van der Waals surface area contributed by atoms with Crippen LogP contribution in [-0.2, 0) is 13.0 Å². The van der Waals surface area contributed by atoms with E-state index in [4.69, 9.17) is 9.84 Å². The number of carbonyl (C=O) groups is 2. The molecule has 0 radical (unpaired) electrons. The maximum Gasteiger partial charge on any atom is 0.335 e. The number of aromatic amines is 1. The van der Waals surface area contributed by atoms with Crippen molar-refractivity contribution >= 4 is 22.8 Å². The van der Waals surface area contributed by atoms with Crippen LogP contribution in [0.1, 0.15) is 37.4 Å². The van der Waals surface area contributed by atoms with E-state index in [0.717, 1.165) is 11.1 Å². The van der Waals surface area contributed by atoms with Crippen molar-refractivity contribution in [3.05, 3.63) is 111 Å². The molecule has 4 aromatic rings. The molecule has 1 heterocycles. The van der Waals surface area contributed by atoms with Crippen molar-refractivity contribution in [1.82, 2.24) is 10.3 Å². The number of pyridine rings is 1. The van der Waals surface area contributed by atoms with E-state index in [2.05, 4.69) is 10.3 Å². The van der Waals surface area contributed by atoms with Crippen molar-refractivity contribution in [3.8, 4) is 5.75 Å². The fourth-order valence-corrected chi connectivity index (χ4v) is 3.59. The molecule has 0 unspecified atom stereocenters. The van der Waals surface area contributed by atoms with Gasteiger partial charge in [-0.3, -0.25) is 9.59 Å². The van der Waals surface area contributed by atoms with E-state index in [9.17, 15) is 14.4 Å². The van der Waals surface area contributed by atoms with Gasteiger partial charge in [0.05, 0.1) is 12.7 Å². The molecule has 7 heteroatoms. The first kappa shape index (κ1) is 21.8. The second-order valence-electron chi connectivity index (χ2n) is 7.62. The van der Waals surface area contributed by atoms with E-state index in [-0.39, 0.29) is 16.9 Å². The summed E-state index contributed by atoms with van der Waals surface area (Å²) < 4.78 is 5.20. The number of carbonyl (C=O) groups excluding carboxylic acids is 1. The number of nitrogens with one attached hydrogen (secondary N) is 2. The van der Waals surface area contributed by atoms with Gasteiger partial charge in [-0.2, -0.15) is 0 Å². The first-order chi connectivity index (χ1) is 15.9. The molecular weight excluding hydrogens is 420 g/mol. The molecule has 0 fully saturated rings. The van der Waals surface area contributed by atoms with Crippen molar-refractivity contribution in [2.45, 2.75) is 13.0 Å². The minimum absolute atomic E-state index is 0.173. The van der Waals surface area contributed by atoms with Crippen LogP contribution >= 0.6 is 0 Å². The van der Waals surface area contributed by atoms with Crippen LogP contribution in [-0.4, -0.2) is 29.1 Å². The van der Waals surface area contributed by atoms with E-state index in [1.807, 2.05) is 24.3 Å². The molecule has 0 saturated heterocycles. The predicted molar refractivity (Wildman–Crippen MR) is 125 cm³/mol. The van der Waals surface area contributed by atoms with Crippen LogP contribution in [0.3, 0.4) is 0 Å². The zero-order valence-corrected chi connectivity index (χ0v) is 17.9. The number of H-pyrrole nitrogens is 1. The van der Waals surface area contributed by atoms with Crippen molar-refractivity contribution in [3.63, 3.8) is 0 Å². The molecule has 166 valence electrons. The first-order valence-electron chi connectivity index (χ1n) is 10.3. The summed E-state index contributed by atoms with van der Waals surface area (Å²) in [6.07, 6.45) is 2.00. The van der Waals surface area contributed by atoms with Crippen molar-refractivity contribution in [2.75, 3.05) is 7.11 Å². The lowest BCUT2D eigenvalue weighted by atomic mass is 10.0. The highest BCUT2D eigenvalue weighted by Gasteiger charge is 2.11. The van der Waals surface area contributed by atoms with Crippen LogP contribution in [0.25, 0.3) is 10.9 Å². The van der Waals surface area contributed by atoms with Gasteiger partial charge in [-0.15, -0.1) is 0 Å². The fourth-order valence-electron chi connectivity index (χ4n) is 3.59. The number of carboxylic acid groups (broad SMARTS) is 1. The molecule has 33 heavy (non-hydrogen) atoms. The molecule has 3 N–H and O–H groups in total. The number of hydrogen-bond acceptors (Lipinski definition) is 4. The zero-order valence-electron chi connectivity index (χ0n) is 17.9. The summed E-state index contributed by atoms with van der Waals surface area (Å²) in [5.41, 5.74) is 3.28.